The van der Waals surface area contributed by atoms with Crippen LogP contribution < -0.4 is 15.0 Å². The predicted molar refractivity (Wildman–Crippen MR) is 101 cm³/mol. The van der Waals surface area contributed by atoms with E-state index in [-0.39, 0.29) is 5.82 Å². The fourth-order valence-electron chi connectivity index (χ4n) is 3.01. The lowest BCUT2D eigenvalue weighted by molar-refractivity contribution is 0.372. The third kappa shape index (κ3) is 4.41. The molecule has 1 aromatic carbocycles. The van der Waals surface area contributed by atoms with Crippen LogP contribution in [0.4, 0.5) is 10.1 Å². The zero-order chi connectivity index (χ0) is 18.4. The van der Waals surface area contributed by atoms with Gasteiger partial charge in [-0.3, -0.25) is 4.99 Å². The van der Waals surface area contributed by atoms with Gasteiger partial charge in [0.2, 0.25) is 5.88 Å². The van der Waals surface area contributed by atoms with Crippen molar-refractivity contribution >= 4 is 11.6 Å². The van der Waals surface area contributed by atoms with Gasteiger partial charge in [-0.05, 0) is 35.9 Å². The van der Waals surface area contributed by atoms with Crippen LogP contribution >= 0.6 is 0 Å². The molecule has 0 bridgehead atoms. The number of pyridine rings is 1. The molecule has 1 N–H and O–H groups in total. The summed E-state index contributed by atoms with van der Waals surface area (Å²) in [5.74, 6) is 1.27. The Morgan fingerprint density at radius 1 is 1.19 bits per heavy atom. The van der Waals surface area contributed by atoms with Gasteiger partial charge in [-0.2, -0.15) is 0 Å². The van der Waals surface area contributed by atoms with Gasteiger partial charge in [0.05, 0.1) is 7.11 Å². The van der Waals surface area contributed by atoms with Crippen molar-refractivity contribution in [3.05, 3.63) is 54.0 Å². The number of anilines is 1. The van der Waals surface area contributed by atoms with Gasteiger partial charge in [0.25, 0.3) is 0 Å². The predicted octanol–water partition coefficient (Wildman–Crippen LogP) is 2.13. The Bertz CT molecular complexity index is 742. The maximum absolute atomic E-state index is 13.1. The van der Waals surface area contributed by atoms with Gasteiger partial charge in [0.15, 0.2) is 5.96 Å². The van der Waals surface area contributed by atoms with E-state index in [0.29, 0.717) is 12.4 Å². The van der Waals surface area contributed by atoms with Crippen molar-refractivity contribution in [2.45, 2.75) is 6.54 Å². The summed E-state index contributed by atoms with van der Waals surface area (Å²) >= 11 is 0. The van der Waals surface area contributed by atoms with Crippen molar-refractivity contribution in [1.29, 1.82) is 0 Å². The Morgan fingerprint density at radius 3 is 2.58 bits per heavy atom. The number of aromatic nitrogens is 1. The molecule has 1 fully saturated rings. The first kappa shape index (κ1) is 18.0. The highest BCUT2D eigenvalue weighted by molar-refractivity contribution is 5.80. The molecule has 1 aliphatic heterocycles. The number of aliphatic imine (C=N–C) groups is 1. The summed E-state index contributed by atoms with van der Waals surface area (Å²) in [4.78, 5) is 13.0. The average Bonchev–Trinajstić information content (AvgIpc) is 2.70. The molecule has 0 amide bonds. The molecule has 0 spiro atoms. The van der Waals surface area contributed by atoms with Gasteiger partial charge in [-0.1, -0.05) is 0 Å². The van der Waals surface area contributed by atoms with E-state index >= 15 is 0 Å². The minimum absolute atomic E-state index is 0.204. The number of nitrogens with zero attached hydrogens (tertiary/aromatic N) is 4. The van der Waals surface area contributed by atoms with Crippen LogP contribution in [-0.4, -0.2) is 56.2 Å². The fraction of sp³-hybridized carbons (Fsp3) is 0.368. The Kier molecular flexibility index (Phi) is 5.88. The summed E-state index contributed by atoms with van der Waals surface area (Å²) < 4.78 is 18.2. The summed E-state index contributed by atoms with van der Waals surface area (Å²) in [5, 5.41) is 3.39. The Morgan fingerprint density at radius 2 is 1.92 bits per heavy atom. The van der Waals surface area contributed by atoms with E-state index < -0.39 is 0 Å². The van der Waals surface area contributed by atoms with Crippen LogP contribution in [0.2, 0.25) is 0 Å². The molecule has 1 aromatic heterocycles. The molecule has 0 saturated carbocycles. The molecule has 0 atom stereocenters. The van der Waals surface area contributed by atoms with Crippen LogP contribution in [0.5, 0.6) is 5.88 Å². The second-order valence-corrected chi connectivity index (χ2v) is 6.06. The van der Waals surface area contributed by atoms with Gasteiger partial charge in [-0.15, -0.1) is 0 Å². The van der Waals surface area contributed by atoms with Crippen LogP contribution in [0.15, 0.2) is 47.6 Å². The molecule has 6 nitrogen and oxygen atoms in total. The number of hydrogen-bond acceptors (Lipinski definition) is 4. The molecular weight excluding hydrogens is 333 g/mol. The lowest BCUT2D eigenvalue weighted by Gasteiger charge is -2.37. The zero-order valence-corrected chi connectivity index (χ0v) is 15.2. The molecule has 3 rings (SSSR count). The average molecular weight is 357 g/mol. The number of benzene rings is 1. The highest BCUT2D eigenvalue weighted by atomic mass is 19.1. The Balaban J connectivity index is 1.54. The summed E-state index contributed by atoms with van der Waals surface area (Å²) in [6, 6.07) is 10.5. The highest BCUT2D eigenvalue weighted by Gasteiger charge is 2.19. The number of ether oxygens (including phenoxy) is 1. The van der Waals surface area contributed by atoms with Crippen molar-refractivity contribution in [3.63, 3.8) is 0 Å². The van der Waals surface area contributed by atoms with Crippen molar-refractivity contribution in [2.24, 2.45) is 4.99 Å². The third-order valence-electron chi connectivity index (χ3n) is 4.44. The van der Waals surface area contributed by atoms with Gasteiger partial charge in [-0.25, -0.2) is 9.37 Å². The van der Waals surface area contributed by atoms with E-state index in [0.717, 1.165) is 43.4 Å². The van der Waals surface area contributed by atoms with E-state index in [2.05, 4.69) is 25.1 Å². The smallest absolute Gasteiger partial charge is 0.213 e. The van der Waals surface area contributed by atoms with Crippen molar-refractivity contribution in [3.8, 4) is 5.88 Å². The van der Waals surface area contributed by atoms with Crippen molar-refractivity contribution < 1.29 is 9.13 Å². The van der Waals surface area contributed by atoms with E-state index in [1.54, 1.807) is 20.4 Å². The van der Waals surface area contributed by atoms with Crippen LogP contribution in [0.25, 0.3) is 0 Å². The van der Waals surface area contributed by atoms with Gasteiger partial charge in [0.1, 0.15) is 5.82 Å². The molecule has 2 aromatic rings. The number of methoxy groups -OCH3 is 1. The first-order valence-corrected chi connectivity index (χ1v) is 8.64. The number of halogens is 1. The third-order valence-corrected chi connectivity index (χ3v) is 4.44. The molecule has 0 radical (unpaired) electrons. The topological polar surface area (TPSA) is 53.0 Å². The van der Waals surface area contributed by atoms with Crippen LogP contribution in [-0.2, 0) is 6.54 Å². The second-order valence-electron chi connectivity index (χ2n) is 6.06. The number of rotatable bonds is 4. The molecule has 0 unspecified atom stereocenters. The zero-order valence-electron chi connectivity index (χ0n) is 15.2. The number of hydrogen-bond donors (Lipinski definition) is 1. The van der Waals surface area contributed by atoms with E-state index in [1.165, 1.54) is 12.1 Å². The molecular formula is C19H24FN5O. The molecule has 7 heteroatoms. The largest absolute Gasteiger partial charge is 0.481 e. The first-order chi connectivity index (χ1) is 12.7. The van der Waals surface area contributed by atoms with Crippen LogP contribution in [0, 0.1) is 5.82 Å². The lowest BCUT2D eigenvalue weighted by Crippen LogP contribution is -2.52. The SMILES string of the molecule is CN=C(NCc1ccnc(OC)c1)N1CCN(c2ccc(F)cc2)CC1. The monoisotopic (exact) mass is 357 g/mol. The minimum Gasteiger partial charge on any atom is -0.481 e. The molecule has 26 heavy (non-hydrogen) atoms. The van der Waals surface area contributed by atoms with Crippen molar-refractivity contribution in [2.75, 3.05) is 45.2 Å². The molecule has 1 saturated heterocycles. The minimum atomic E-state index is -0.204. The van der Waals surface area contributed by atoms with Gasteiger partial charge < -0.3 is 19.9 Å². The van der Waals surface area contributed by atoms with Crippen LogP contribution in [0.1, 0.15) is 5.56 Å². The normalized spacial score (nSPS) is 15.1. The van der Waals surface area contributed by atoms with Crippen molar-refractivity contribution in [1.82, 2.24) is 15.2 Å². The molecule has 1 aliphatic rings. The standard InChI is InChI=1S/C19H24FN5O/c1-21-19(23-14-15-7-8-22-18(13-15)26-2)25-11-9-24(10-12-25)17-5-3-16(20)4-6-17/h3-8,13H,9-12,14H2,1-2H3,(H,21,23). The van der Waals surface area contributed by atoms with E-state index in [9.17, 15) is 4.39 Å². The number of nitrogens with one attached hydrogen (secondary N) is 1. The second kappa shape index (κ2) is 8.51. The summed E-state index contributed by atoms with van der Waals surface area (Å²) in [5.41, 5.74) is 2.14. The maximum atomic E-state index is 13.1. The van der Waals surface area contributed by atoms with Gasteiger partial charge in [0, 0.05) is 57.7 Å². The number of piperazine rings is 1. The Labute approximate surface area is 153 Å². The summed E-state index contributed by atoms with van der Waals surface area (Å²) in [6.07, 6.45) is 1.74. The van der Waals surface area contributed by atoms with E-state index in [4.69, 9.17) is 4.74 Å². The Hall–Kier alpha value is -2.83. The summed E-state index contributed by atoms with van der Waals surface area (Å²) in [6.45, 7) is 4.11. The maximum Gasteiger partial charge on any atom is 0.213 e. The number of guanidine groups is 1. The molecule has 0 aliphatic carbocycles. The molecule has 2 heterocycles. The first-order valence-electron chi connectivity index (χ1n) is 8.64. The van der Waals surface area contributed by atoms with Crippen LogP contribution in [0.3, 0.4) is 0 Å². The highest BCUT2D eigenvalue weighted by Crippen LogP contribution is 2.17. The fourth-order valence-corrected chi connectivity index (χ4v) is 3.01. The quantitative estimate of drug-likeness (QED) is 0.671. The van der Waals surface area contributed by atoms with E-state index in [1.807, 2.05) is 24.3 Å². The van der Waals surface area contributed by atoms with Gasteiger partial charge >= 0.3 is 0 Å². The lowest BCUT2D eigenvalue weighted by atomic mass is 10.2. The molecule has 138 valence electrons. The summed E-state index contributed by atoms with van der Waals surface area (Å²) in [7, 11) is 3.40.